The standard InChI is InChI=1S/C23H26ClNO5/c1-4-11-29-18-7-5-17(6-8-18)20(26)9-10-22(28)30-14-21(27)25-23-16(3)12-15(2)13-19(23)24/h5-8,12-13H,4,9-11,14H2,1-3H3,(H,25,27). The molecule has 0 aliphatic heterocycles. The van der Waals surface area contributed by atoms with Gasteiger partial charge in [0.05, 0.1) is 23.7 Å². The zero-order valence-corrected chi connectivity index (χ0v) is 18.2. The Kier molecular flexibility index (Phi) is 8.87. The van der Waals surface area contributed by atoms with Crippen molar-refractivity contribution in [1.82, 2.24) is 0 Å². The van der Waals surface area contributed by atoms with Crippen LogP contribution in [0.25, 0.3) is 0 Å². The molecule has 0 radical (unpaired) electrons. The molecule has 30 heavy (non-hydrogen) atoms. The molecule has 0 aliphatic rings. The molecule has 0 saturated heterocycles. The second-order valence-corrected chi connectivity index (χ2v) is 7.35. The van der Waals surface area contributed by atoms with Crippen LogP contribution >= 0.6 is 11.6 Å². The maximum absolute atomic E-state index is 12.2. The molecule has 0 saturated carbocycles. The number of anilines is 1. The molecular formula is C23H26ClNO5. The molecule has 0 unspecified atom stereocenters. The molecule has 2 aromatic rings. The Labute approximate surface area is 181 Å². The van der Waals surface area contributed by atoms with Crippen LogP contribution in [0.4, 0.5) is 5.69 Å². The van der Waals surface area contributed by atoms with Gasteiger partial charge >= 0.3 is 5.97 Å². The third-order valence-corrected chi connectivity index (χ3v) is 4.56. The van der Waals surface area contributed by atoms with Crippen molar-refractivity contribution in [2.75, 3.05) is 18.5 Å². The Bertz CT molecular complexity index is 885. The normalized spacial score (nSPS) is 10.4. The molecule has 0 heterocycles. The van der Waals surface area contributed by atoms with Gasteiger partial charge in [0, 0.05) is 12.0 Å². The number of nitrogens with one attached hydrogen (secondary N) is 1. The predicted molar refractivity (Wildman–Crippen MR) is 116 cm³/mol. The Morgan fingerprint density at radius 3 is 2.37 bits per heavy atom. The number of hydrogen-bond acceptors (Lipinski definition) is 5. The highest BCUT2D eigenvalue weighted by atomic mass is 35.5. The van der Waals surface area contributed by atoms with E-state index in [4.69, 9.17) is 21.1 Å². The topological polar surface area (TPSA) is 81.7 Å². The van der Waals surface area contributed by atoms with Crippen molar-refractivity contribution in [3.63, 3.8) is 0 Å². The summed E-state index contributed by atoms with van der Waals surface area (Å²) >= 11 is 6.15. The van der Waals surface area contributed by atoms with E-state index < -0.39 is 18.5 Å². The number of aryl methyl sites for hydroxylation is 2. The second kappa shape index (κ2) is 11.4. The van der Waals surface area contributed by atoms with E-state index in [2.05, 4.69) is 5.32 Å². The van der Waals surface area contributed by atoms with Gasteiger partial charge in [-0.1, -0.05) is 24.6 Å². The fourth-order valence-electron chi connectivity index (χ4n) is 2.78. The number of carbonyl (C=O) groups is 3. The lowest BCUT2D eigenvalue weighted by Gasteiger charge is -2.11. The molecule has 2 rings (SSSR count). The average Bonchev–Trinajstić information content (AvgIpc) is 2.71. The van der Waals surface area contributed by atoms with E-state index in [1.54, 1.807) is 30.3 Å². The summed E-state index contributed by atoms with van der Waals surface area (Å²) in [6.45, 7) is 5.92. The quantitative estimate of drug-likeness (QED) is 0.427. The van der Waals surface area contributed by atoms with Gasteiger partial charge in [-0.2, -0.15) is 0 Å². The minimum Gasteiger partial charge on any atom is -0.494 e. The highest BCUT2D eigenvalue weighted by molar-refractivity contribution is 6.34. The van der Waals surface area contributed by atoms with Crippen molar-refractivity contribution in [3.05, 3.63) is 58.1 Å². The van der Waals surface area contributed by atoms with Gasteiger partial charge in [-0.25, -0.2) is 0 Å². The van der Waals surface area contributed by atoms with Gasteiger partial charge in [-0.3, -0.25) is 14.4 Å². The van der Waals surface area contributed by atoms with E-state index in [0.717, 1.165) is 17.5 Å². The van der Waals surface area contributed by atoms with Gasteiger partial charge in [0.2, 0.25) is 0 Å². The van der Waals surface area contributed by atoms with Crippen molar-refractivity contribution in [1.29, 1.82) is 0 Å². The highest BCUT2D eigenvalue weighted by Crippen LogP contribution is 2.27. The van der Waals surface area contributed by atoms with Crippen molar-refractivity contribution in [2.24, 2.45) is 0 Å². The highest BCUT2D eigenvalue weighted by Gasteiger charge is 2.14. The largest absolute Gasteiger partial charge is 0.494 e. The van der Waals surface area contributed by atoms with Crippen molar-refractivity contribution in [2.45, 2.75) is 40.0 Å². The van der Waals surface area contributed by atoms with Crippen molar-refractivity contribution < 1.29 is 23.9 Å². The number of ketones is 1. The molecule has 0 aliphatic carbocycles. The number of halogens is 1. The first-order valence-electron chi connectivity index (χ1n) is 9.78. The molecule has 7 heteroatoms. The Balaban J connectivity index is 1.76. The predicted octanol–water partition coefficient (Wildman–Crippen LogP) is 4.89. The molecule has 2 aromatic carbocycles. The summed E-state index contributed by atoms with van der Waals surface area (Å²) in [6.07, 6.45) is 0.793. The molecule has 1 amide bonds. The van der Waals surface area contributed by atoms with E-state index in [0.29, 0.717) is 28.6 Å². The van der Waals surface area contributed by atoms with Crippen LogP contribution in [0.3, 0.4) is 0 Å². The number of hydrogen-bond donors (Lipinski definition) is 1. The summed E-state index contributed by atoms with van der Waals surface area (Å²) in [5.41, 5.74) is 2.78. The minimum absolute atomic E-state index is 0.00147. The fourth-order valence-corrected chi connectivity index (χ4v) is 3.15. The Morgan fingerprint density at radius 2 is 1.73 bits per heavy atom. The fraction of sp³-hybridized carbons (Fsp3) is 0.348. The molecule has 0 fully saturated rings. The van der Waals surface area contributed by atoms with Crippen LogP contribution in [0, 0.1) is 13.8 Å². The second-order valence-electron chi connectivity index (χ2n) is 6.94. The molecule has 6 nitrogen and oxygen atoms in total. The van der Waals surface area contributed by atoms with Crippen LogP contribution in [0.15, 0.2) is 36.4 Å². The van der Waals surface area contributed by atoms with Crippen LogP contribution in [0.2, 0.25) is 5.02 Å². The minimum atomic E-state index is -0.617. The number of amides is 1. The monoisotopic (exact) mass is 431 g/mol. The summed E-state index contributed by atoms with van der Waals surface area (Å²) in [6, 6.07) is 10.4. The number of ether oxygens (including phenoxy) is 2. The first-order chi connectivity index (χ1) is 14.3. The van der Waals surface area contributed by atoms with Crippen LogP contribution in [0.5, 0.6) is 5.75 Å². The first kappa shape index (κ1) is 23.4. The van der Waals surface area contributed by atoms with Crippen LogP contribution in [-0.4, -0.2) is 30.9 Å². The van der Waals surface area contributed by atoms with E-state index >= 15 is 0 Å². The van der Waals surface area contributed by atoms with E-state index in [-0.39, 0.29) is 18.6 Å². The van der Waals surface area contributed by atoms with Crippen molar-refractivity contribution >= 4 is 34.9 Å². The lowest BCUT2D eigenvalue weighted by atomic mass is 10.1. The molecule has 0 aromatic heterocycles. The molecule has 0 spiro atoms. The summed E-state index contributed by atoms with van der Waals surface area (Å²) in [5, 5.41) is 3.06. The third kappa shape index (κ3) is 7.19. The Morgan fingerprint density at radius 1 is 1.03 bits per heavy atom. The number of Topliss-reactive ketones (excluding diaryl/α,β-unsaturated/α-hetero) is 1. The van der Waals surface area contributed by atoms with E-state index in [1.165, 1.54) is 0 Å². The summed E-state index contributed by atoms with van der Waals surface area (Å²) in [5.74, 6) is -0.595. The zero-order valence-electron chi connectivity index (χ0n) is 17.4. The van der Waals surface area contributed by atoms with Gasteiger partial charge in [0.15, 0.2) is 12.4 Å². The van der Waals surface area contributed by atoms with Crippen LogP contribution in [-0.2, 0) is 14.3 Å². The average molecular weight is 432 g/mol. The maximum Gasteiger partial charge on any atom is 0.306 e. The lowest BCUT2D eigenvalue weighted by Crippen LogP contribution is -2.21. The lowest BCUT2D eigenvalue weighted by molar-refractivity contribution is -0.147. The number of rotatable bonds is 10. The smallest absolute Gasteiger partial charge is 0.306 e. The zero-order chi connectivity index (χ0) is 22.1. The maximum atomic E-state index is 12.2. The van der Waals surface area contributed by atoms with Gasteiger partial charge in [0.1, 0.15) is 5.75 Å². The summed E-state index contributed by atoms with van der Waals surface area (Å²) in [7, 11) is 0. The Hall–Kier alpha value is -2.86. The molecule has 1 N–H and O–H groups in total. The molecular weight excluding hydrogens is 406 g/mol. The van der Waals surface area contributed by atoms with Crippen LogP contribution in [0.1, 0.15) is 47.7 Å². The SMILES string of the molecule is CCCOc1ccc(C(=O)CCC(=O)OCC(=O)Nc2c(C)cc(C)cc2Cl)cc1. The van der Waals surface area contributed by atoms with Crippen molar-refractivity contribution in [3.8, 4) is 5.75 Å². The first-order valence-corrected chi connectivity index (χ1v) is 10.2. The summed E-state index contributed by atoms with van der Waals surface area (Å²) in [4.78, 5) is 36.1. The third-order valence-electron chi connectivity index (χ3n) is 4.27. The summed E-state index contributed by atoms with van der Waals surface area (Å²) < 4.78 is 10.4. The van der Waals surface area contributed by atoms with Gasteiger partial charge < -0.3 is 14.8 Å². The molecule has 160 valence electrons. The van der Waals surface area contributed by atoms with E-state index in [1.807, 2.05) is 26.8 Å². The number of benzene rings is 2. The van der Waals surface area contributed by atoms with Gasteiger partial charge in [-0.05, 0) is 61.7 Å². The molecule has 0 bridgehead atoms. The molecule has 0 atom stereocenters. The number of carbonyl (C=O) groups excluding carboxylic acids is 3. The number of esters is 1. The van der Waals surface area contributed by atoms with E-state index in [9.17, 15) is 14.4 Å². The van der Waals surface area contributed by atoms with Gasteiger partial charge in [0.25, 0.3) is 5.91 Å². The van der Waals surface area contributed by atoms with Crippen LogP contribution < -0.4 is 10.1 Å². The van der Waals surface area contributed by atoms with Gasteiger partial charge in [-0.15, -0.1) is 0 Å².